The molecule has 0 aromatic heterocycles. The molecule has 0 amide bonds. The molecule has 0 unspecified atom stereocenters. The summed E-state index contributed by atoms with van der Waals surface area (Å²) in [4.78, 5) is 14.2. The molecule has 0 radical (unpaired) electrons. The molecule has 0 saturated carbocycles. The van der Waals surface area contributed by atoms with Gasteiger partial charge in [-0.1, -0.05) is 30.3 Å². The zero-order chi connectivity index (χ0) is 16.2. The summed E-state index contributed by atoms with van der Waals surface area (Å²) < 4.78 is 28.4. The van der Waals surface area contributed by atoms with Gasteiger partial charge in [0.2, 0.25) is 10.0 Å². The van der Waals surface area contributed by atoms with E-state index in [1.54, 1.807) is 6.92 Å². The second-order valence-corrected chi connectivity index (χ2v) is 7.26. The van der Waals surface area contributed by atoms with Gasteiger partial charge in [0, 0.05) is 6.54 Å². The summed E-state index contributed by atoms with van der Waals surface area (Å²) in [6.45, 7) is 2.93. The van der Waals surface area contributed by atoms with Gasteiger partial charge in [0.1, 0.15) is 6.04 Å². The summed E-state index contributed by atoms with van der Waals surface area (Å²) in [5.41, 5.74) is 0.802. The lowest BCUT2D eigenvalue weighted by Crippen LogP contribution is -2.48. The van der Waals surface area contributed by atoms with Crippen LogP contribution in [0.2, 0.25) is 0 Å². The number of ether oxygens (including phenoxy) is 1. The summed E-state index contributed by atoms with van der Waals surface area (Å²) in [5.74, 6) is -0.358. The molecule has 1 aromatic carbocycles. The van der Waals surface area contributed by atoms with Gasteiger partial charge in [-0.3, -0.25) is 4.90 Å². The average Bonchev–Trinajstić information content (AvgIpc) is 2.48. The molecule has 0 spiro atoms. The van der Waals surface area contributed by atoms with E-state index in [1.165, 1.54) is 0 Å². The van der Waals surface area contributed by atoms with Crippen molar-refractivity contribution in [3.63, 3.8) is 0 Å². The first-order valence-electron chi connectivity index (χ1n) is 7.40. The van der Waals surface area contributed by atoms with Crippen molar-refractivity contribution < 1.29 is 17.9 Å². The van der Waals surface area contributed by atoms with E-state index in [9.17, 15) is 13.2 Å². The number of nitrogens with zero attached hydrogens (tertiary/aromatic N) is 1. The number of piperidine rings is 1. The molecule has 0 bridgehead atoms. The largest absolute Gasteiger partial charge is 0.465 e. The third-order valence-corrected chi connectivity index (χ3v) is 5.18. The average molecular weight is 326 g/mol. The number of benzene rings is 1. The number of likely N-dealkylation sites (tertiary alicyclic amines) is 1. The molecule has 1 fully saturated rings. The third kappa shape index (κ3) is 4.06. The van der Waals surface area contributed by atoms with Crippen molar-refractivity contribution in [2.45, 2.75) is 31.1 Å². The second-order valence-electron chi connectivity index (χ2n) is 5.41. The van der Waals surface area contributed by atoms with E-state index in [-0.39, 0.29) is 19.1 Å². The summed E-state index contributed by atoms with van der Waals surface area (Å²) in [6, 6.07) is 8.68. The van der Waals surface area contributed by atoms with E-state index in [0.29, 0.717) is 19.4 Å². The predicted octanol–water partition coefficient (Wildman–Crippen LogP) is 1.04. The highest BCUT2D eigenvalue weighted by Crippen LogP contribution is 2.27. The van der Waals surface area contributed by atoms with Crippen LogP contribution in [0.15, 0.2) is 30.3 Å². The molecule has 1 aliphatic rings. The second kappa shape index (κ2) is 7.21. The van der Waals surface area contributed by atoms with Crippen LogP contribution in [0.1, 0.15) is 31.4 Å². The number of carbonyl (C=O) groups excluding carboxylic acids is 1. The minimum absolute atomic E-state index is 0.247. The van der Waals surface area contributed by atoms with Crippen molar-refractivity contribution in [1.29, 1.82) is 0 Å². The number of nitrogens with two attached hydrogens (primary N) is 1. The molecule has 2 atom stereocenters. The minimum atomic E-state index is -3.61. The highest BCUT2D eigenvalue weighted by molar-refractivity contribution is 7.89. The summed E-state index contributed by atoms with van der Waals surface area (Å²) in [7, 11) is -3.61. The zero-order valence-electron chi connectivity index (χ0n) is 12.6. The van der Waals surface area contributed by atoms with Crippen molar-refractivity contribution in [2.75, 3.05) is 19.7 Å². The Morgan fingerprint density at radius 1 is 1.41 bits per heavy atom. The summed E-state index contributed by atoms with van der Waals surface area (Å²) in [6.07, 6.45) is 1.21. The van der Waals surface area contributed by atoms with E-state index in [2.05, 4.69) is 0 Å². The van der Waals surface area contributed by atoms with Crippen LogP contribution in [0.4, 0.5) is 0 Å². The number of sulfonamides is 1. The van der Waals surface area contributed by atoms with Gasteiger partial charge < -0.3 is 4.74 Å². The van der Waals surface area contributed by atoms with Gasteiger partial charge in [-0.15, -0.1) is 0 Å². The molecule has 2 N–H and O–H groups in total. The number of carbonyl (C=O) groups is 1. The Morgan fingerprint density at radius 2 is 2.09 bits per heavy atom. The fraction of sp³-hybridized carbons (Fsp3) is 0.533. The van der Waals surface area contributed by atoms with Gasteiger partial charge in [-0.25, -0.2) is 18.4 Å². The molecule has 1 heterocycles. The van der Waals surface area contributed by atoms with Gasteiger partial charge in [-0.05, 0) is 31.9 Å². The van der Waals surface area contributed by atoms with Crippen molar-refractivity contribution in [1.82, 2.24) is 4.90 Å². The Balaban J connectivity index is 2.27. The Kier molecular flexibility index (Phi) is 5.55. The Bertz CT molecular complexity index is 603. The fourth-order valence-corrected chi connectivity index (χ4v) is 3.72. The lowest BCUT2D eigenvalue weighted by Gasteiger charge is -2.36. The molecular weight excluding hydrogens is 304 g/mol. The van der Waals surface area contributed by atoms with Crippen LogP contribution < -0.4 is 5.14 Å². The van der Waals surface area contributed by atoms with Crippen LogP contribution in [-0.4, -0.2) is 44.2 Å². The molecule has 0 aliphatic carbocycles. The van der Waals surface area contributed by atoms with Gasteiger partial charge >= 0.3 is 5.97 Å². The van der Waals surface area contributed by atoms with Crippen LogP contribution in [0.3, 0.4) is 0 Å². The number of primary sulfonamides is 1. The maximum absolute atomic E-state index is 12.4. The quantitative estimate of drug-likeness (QED) is 0.817. The first kappa shape index (κ1) is 16.9. The number of hydrogen-bond acceptors (Lipinski definition) is 5. The highest BCUT2D eigenvalue weighted by Gasteiger charge is 2.36. The van der Waals surface area contributed by atoms with Gasteiger partial charge in [-0.2, -0.15) is 0 Å². The molecule has 1 saturated heterocycles. The summed E-state index contributed by atoms with van der Waals surface area (Å²) >= 11 is 0. The van der Waals surface area contributed by atoms with Crippen LogP contribution in [0, 0.1) is 0 Å². The predicted molar refractivity (Wildman–Crippen MR) is 83.5 cm³/mol. The Morgan fingerprint density at radius 3 is 2.68 bits per heavy atom. The van der Waals surface area contributed by atoms with E-state index in [4.69, 9.17) is 9.88 Å². The molecule has 1 aliphatic heterocycles. The lowest BCUT2D eigenvalue weighted by molar-refractivity contribution is -0.150. The van der Waals surface area contributed by atoms with Crippen molar-refractivity contribution >= 4 is 16.0 Å². The van der Waals surface area contributed by atoms with Crippen molar-refractivity contribution in [2.24, 2.45) is 5.14 Å². The normalized spacial score (nSPS) is 21.3. The maximum Gasteiger partial charge on any atom is 0.327 e. The van der Waals surface area contributed by atoms with E-state index >= 15 is 0 Å². The smallest absolute Gasteiger partial charge is 0.327 e. The third-order valence-electron chi connectivity index (χ3n) is 3.86. The molecule has 7 heteroatoms. The highest BCUT2D eigenvalue weighted by atomic mass is 32.2. The summed E-state index contributed by atoms with van der Waals surface area (Å²) in [5, 5.41) is 4.64. The zero-order valence-corrected chi connectivity index (χ0v) is 13.5. The Hall–Kier alpha value is -1.44. The molecular formula is C15H22N2O4S. The SMILES string of the molecule is CCOC(=O)[C@@H](c1ccccc1)N1CCC[C@H](S(N)(=O)=O)C1. The molecule has 6 nitrogen and oxygen atoms in total. The number of rotatable bonds is 5. The number of hydrogen-bond donors (Lipinski definition) is 1. The Labute approximate surface area is 131 Å². The van der Waals surface area contributed by atoms with Crippen LogP contribution in [0.25, 0.3) is 0 Å². The fourth-order valence-electron chi connectivity index (χ4n) is 2.82. The lowest BCUT2D eigenvalue weighted by atomic mass is 10.0. The van der Waals surface area contributed by atoms with Gasteiger partial charge in [0.15, 0.2) is 0 Å². The van der Waals surface area contributed by atoms with Crippen molar-refractivity contribution in [3.05, 3.63) is 35.9 Å². The number of esters is 1. The van der Waals surface area contributed by atoms with E-state index in [1.807, 2.05) is 35.2 Å². The van der Waals surface area contributed by atoms with Crippen LogP contribution in [-0.2, 0) is 19.6 Å². The first-order valence-corrected chi connectivity index (χ1v) is 9.01. The monoisotopic (exact) mass is 326 g/mol. The topological polar surface area (TPSA) is 89.7 Å². The minimum Gasteiger partial charge on any atom is -0.465 e. The van der Waals surface area contributed by atoms with Crippen LogP contribution in [0.5, 0.6) is 0 Å². The molecule has 22 heavy (non-hydrogen) atoms. The van der Waals surface area contributed by atoms with E-state index in [0.717, 1.165) is 5.56 Å². The van der Waals surface area contributed by atoms with Crippen LogP contribution >= 0.6 is 0 Å². The van der Waals surface area contributed by atoms with Gasteiger partial charge in [0.25, 0.3) is 0 Å². The standard InChI is InChI=1S/C15H22N2O4S/c1-2-21-15(18)14(12-7-4-3-5-8-12)17-10-6-9-13(11-17)22(16,19)20/h3-5,7-8,13-14H,2,6,9-11H2,1H3,(H2,16,19,20)/t13-,14+/m0/s1. The molecule has 1 aromatic rings. The van der Waals surface area contributed by atoms with Gasteiger partial charge in [0.05, 0.1) is 11.9 Å². The maximum atomic E-state index is 12.4. The van der Waals surface area contributed by atoms with Crippen molar-refractivity contribution in [3.8, 4) is 0 Å². The molecule has 2 rings (SSSR count). The molecule has 122 valence electrons. The van der Waals surface area contributed by atoms with E-state index < -0.39 is 21.3 Å². The first-order chi connectivity index (χ1) is 10.4.